The molecule has 72 valence electrons. The lowest BCUT2D eigenvalue weighted by Crippen LogP contribution is -2.21. The van der Waals surface area contributed by atoms with Crippen LogP contribution in [0.25, 0.3) is 0 Å². The van der Waals surface area contributed by atoms with Crippen LogP contribution in [-0.2, 0) is 6.54 Å². The quantitative estimate of drug-likeness (QED) is 0.779. The number of hydrogen-bond donors (Lipinski definition) is 1. The molecular weight excluding hydrogens is 180 g/mol. The smallest absolute Gasteiger partial charge is 0.0271 e. The molecule has 1 N–H and O–H groups in total. The van der Waals surface area contributed by atoms with Crippen LogP contribution in [0.3, 0.4) is 0 Å². The summed E-state index contributed by atoms with van der Waals surface area (Å²) in [7, 11) is 0. The Morgan fingerprint density at radius 3 is 2.77 bits per heavy atom. The van der Waals surface area contributed by atoms with Crippen LogP contribution in [-0.4, -0.2) is 23.0 Å². The Kier molecular flexibility index (Phi) is 4.86. The monoisotopic (exact) mass is 196 g/mol. The third kappa shape index (κ3) is 4.29. The van der Waals surface area contributed by atoms with Crippen molar-refractivity contribution in [2.75, 3.05) is 12.8 Å². The topological polar surface area (TPSA) is 24.9 Å². The second-order valence-corrected chi connectivity index (χ2v) is 4.31. The summed E-state index contributed by atoms with van der Waals surface area (Å²) in [6, 6.07) is 4.08. The average molecular weight is 196 g/mol. The van der Waals surface area contributed by atoms with Gasteiger partial charge in [-0.2, -0.15) is 11.8 Å². The van der Waals surface area contributed by atoms with Crippen molar-refractivity contribution in [3.63, 3.8) is 0 Å². The molecule has 1 unspecified atom stereocenters. The molecular formula is C10H16N2S. The first-order valence-corrected chi connectivity index (χ1v) is 5.74. The van der Waals surface area contributed by atoms with Crippen LogP contribution in [0.15, 0.2) is 24.5 Å². The molecule has 0 amide bonds. The molecule has 0 bridgehead atoms. The van der Waals surface area contributed by atoms with Crippen LogP contribution in [0.1, 0.15) is 12.5 Å². The van der Waals surface area contributed by atoms with Crippen LogP contribution < -0.4 is 5.32 Å². The summed E-state index contributed by atoms with van der Waals surface area (Å²) in [6.07, 6.45) is 5.79. The normalized spacial score (nSPS) is 12.8. The Hall–Kier alpha value is -0.540. The van der Waals surface area contributed by atoms with Crippen molar-refractivity contribution in [2.45, 2.75) is 18.7 Å². The maximum absolute atomic E-state index is 3.97. The van der Waals surface area contributed by atoms with E-state index in [0.717, 1.165) is 13.1 Å². The zero-order valence-electron chi connectivity index (χ0n) is 8.16. The Bertz CT molecular complexity index is 226. The third-order valence-electron chi connectivity index (χ3n) is 1.91. The van der Waals surface area contributed by atoms with Gasteiger partial charge in [-0.3, -0.25) is 4.98 Å². The lowest BCUT2D eigenvalue weighted by molar-refractivity contribution is 0.684. The van der Waals surface area contributed by atoms with E-state index in [1.807, 2.05) is 36.3 Å². The van der Waals surface area contributed by atoms with Gasteiger partial charge in [0, 0.05) is 30.7 Å². The number of nitrogens with zero attached hydrogens (tertiary/aromatic N) is 1. The van der Waals surface area contributed by atoms with E-state index in [1.165, 1.54) is 5.56 Å². The number of rotatable bonds is 5. The molecule has 1 rings (SSSR count). The van der Waals surface area contributed by atoms with Gasteiger partial charge in [0.15, 0.2) is 0 Å². The van der Waals surface area contributed by atoms with Gasteiger partial charge in [0.2, 0.25) is 0 Å². The molecule has 0 fully saturated rings. The Labute approximate surface area is 84.1 Å². The van der Waals surface area contributed by atoms with Crippen molar-refractivity contribution in [1.82, 2.24) is 10.3 Å². The van der Waals surface area contributed by atoms with Crippen molar-refractivity contribution < 1.29 is 0 Å². The highest BCUT2D eigenvalue weighted by molar-refractivity contribution is 7.99. The average Bonchev–Trinajstić information content (AvgIpc) is 2.19. The molecule has 0 spiro atoms. The zero-order chi connectivity index (χ0) is 9.52. The van der Waals surface area contributed by atoms with Crippen LogP contribution in [0, 0.1) is 0 Å². The highest BCUT2D eigenvalue weighted by Crippen LogP contribution is 2.03. The molecule has 0 aliphatic heterocycles. The molecule has 0 saturated heterocycles. The van der Waals surface area contributed by atoms with Gasteiger partial charge in [-0.05, 0) is 24.0 Å². The molecule has 1 atom stereocenters. The molecule has 0 aromatic carbocycles. The van der Waals surface area contributed by atoms with Crippen LogP contribution in [0.5, 0.6) is 0 Å². The van der Waals surface area contributed by atoms with Gasteiger partial charge in [-0.15, -0.1) is 0 Å². The molecule has 13 heavy (non-hydrogen) atoms. The molecule has 0 aliphatic rings. The standard InChI is InChI=1S/C10H16N2S/c1-9(13-2)7-12-8-10-3-5-11-6-4-10/h3-6,9,12H,7-8H2,1-2H3. The fraction of sp³-hybridized carbons (Fsp3) is 0.500. The first kappa shape index (κ1) is 10.5. The Morgan fingerprint density at radius 1 is 1.46 bits per heavy atom. The molecule has 3 heteroatoms. The lowest BCUT2D eigenvalue weighted by Gasteiger charge is -2.09. The van der Waals surface area contributed by atoms with Gasteiger partial charge in [0.05, 0.1) is 0 Å². The van der Waals surface area contributed by atoms with Gasteiger partial charge < -0.3 is 5.32 Å². The van der Waals surface area contributed by atoms with E-state index < -0.39 is 0 Å². The number of aromatic nitrogens is 1. The number of nitrogens with one attached hydrogen (secondary N) is 1. The van der Waals surface area contributed by atoms with E-state index >= 15 is 0 Å². The summed E-state index contributed by atoms with van der Waals surface area (Å²) in [4.78, 5) is 3.97. The van der Waals surface area contributed by atoms with E-state index in [0.29, 0.717) is 5.25 Å². The van der Waals surface area contributed by atoms with E-state index in [-0.39, 0.29) is 0 Å². The molecule has 0 radical (unpaired) electrons. The van der Waals surface area contributed by atoms with E-state index in [4.69, 9.17) is 0 Å². The highest BCUT2D eigenvalue weighted by atomic mass is 32.2. The van der Waals surface area contributed by atoms with Crippen molar-refractivity contribution in [1.29, 1.82) is 0 Å². The minimum atomic E-state index is 0.682. The van der Waals surface area contributed by atoms with Crippen molar-refractivity contribution in [2.24, 2.45) is 0 Å². The first-order chi connectivity index (χ1) is 6.33. The van der Waals surface area contributed by atoms with E-state index in [9.17, 15) is 0 Å². The minimum Gasteiger partial charge on any atom is -0.312 e. The summed E-state index contributed by atoms with van der Waals surface area (Å²) < 4.78 is 0. The van der Waals surface area contributed by atoms with Gasteiger partial charge in [0.1, 0.15) is 0 Å². The number of hydrogen-bond acceptors (Lipinski definition) is 3. The molecule has 0 aliphatic carbocycles. The number of pyridine rings is 1. The number of thioether (sulfide) groups is 1. The van der Waals surface area contributed by atoms with Crippen molar-refractivity contribution in [3.05, 3.63) is 30.1 Å². The molecule has 2 nitrogen and oxygen atoms in total. The van der Waals surface area contributed by atoms with Crippen LogP contribution >= 0.6 is 11.8 Å². The molecule has 0 saturated carbocycles. The lowest BCUT2D eigenvalue weighted by atomic mass is 10.3. The van der Waals surface area contributed by atoms with Crippen LogP contribution in [0.2, 0.25) is 0 Å². The first-order valence-electron chi connectivity index (χ1n) is 4.45. The Balaban J connectivity index is 2.20. The Morgan fingerprint density at radius 2 is 2.15 bits per heavy atom. The summed E-state index contributed by atoms with van der Waals surface area (Å²) in [5.41, 5.74) is 1.29. The van der Waals surface area contributed by atoms with E-state index in [2.05, 4.69) is 23.5 Å². The summed E-state index contributed by atoms with van der Waals surface area (Å²) in [6.45, 7) is 4.22. The summed E-state index contributed by atoms with van der Waals surface area (Å²) in [5.74, 6) is 0. The molecule has 1 aromatic heterocycles. The maximum Gasteiger partial charge on any atom is 0.0271 e. The van der Waals surface area contributed by atoms with Gasteiger partial charge in [-0.25, -0.2) is 0 Å². The summed E-state index contributed by atoms with van der Waals surface area (Å²) >= 11 is 1.89. The fourth-order valence-electron chi connectivity index (χ4n) is 1.00. The maximum atomic E-state index is 3.97. The zero-order valence-corrected chi connectivity index (χ0v) is 8.97. The highest BCUT2D eigenvalue weighted by Gasteiger charge is 1.97. The predicted octanol–water partition coefficient (Wildman–Crippen LogP) is 1.92. The fourth-order valence-corrected chi connectivity index (χ4v) is 1.29. The SMILES string of the molecule is CSC(C)CNCc1ccncc1. The minimum absolute atomic E-state index is 0.682. The summed E-state index contributed by atoms with van der Waals surface area (Å²) in [5, 5.41) is 4.09. The van der Waals surface area contributed by atoms with Crippen molar-refractivity contribution >= 4 is 11.8 Å². The second kappa shape index (κ2) is 6.00. The van der Waals surface area contributed by atoms with Gasteiger partial charge in [0.25, 0.3) is 0 Å². The van der Waals surface area contributed by atoms with Crippen molar-refractivity contribution in [3.8, 4) is 0 Å². The second-order valence-electron chi connectivity index (χ2n) is 3.03. The third-order valence-corrected chi connectivity index (χ3v) is 2.88. The molecule has 1 heterocycles. The van der Waals surface area contributed by atoms with Crippen LogP contribution in [0.4, 0.5) is 0 Å². The van der Waals surface area contributed by atoms with E-state index in [1.54, 1.807) is 0 Å². The predicted molar refractivity (Wildman–Crippen MR) is 58.9 cm³/mol. The largest absolute Gasteiger partial charge is 0.312 e. The van der Waals surface area contributed by atoms with Gasteiger partial charge >= 0.3 is 0 Å². The van der Waals surface area contributed by atoms with Gasteiger partial charge in [-0.1, -0.05) is 6.92 Å². The molecule has 1 aromatic rings.